The zero-order valence-electron chi connectivity index (χ0n) is 22.8. The van der Waals surface area contributed by atoms with Gasteiger partial charge in [0.1, 0.15) is 24.2 Å². The first-order chi connectivity index (χ1) is 20.0. The largest absolute Gasteiger partial charge is 0.491 e. The fourth-order valence-corrected chi connectivity index (χ4v) is 9.46. The van der Waals surface area contributed by atoms with Gasteiger partial charge >= 0.3 is 0 Å². The van der Waals surface area contributed by atoms with E-state index in [1.54, 1.807) is 15.0 Å². The second kappa shape index (κ2) is 9.66. The molecule has 1 saturated carbocycles. The molecule has 8 heterocycles. The van der Waals surface area contributed by atoms with Crippen molar-refractivity contribution in [3.63, 3.8) is 0 Å². The molecule has 6 fully saturated rings. The van der Waals surface area contributed by atoms with E-state index in [0.29, 0.717) is 54.8 Å². The number of anilines is 1. The lowest BCUT2D eigenvalue weighted by atomic mass is 9.91. The quantitative estimate of drug-likeness (QED) is 0.378. The first-order valence-electron chi connectivity index (χ1n) is 14.6. The van der Waals surface area contributed by atoms with Crippen molar-refractivity contribution in [2.24, 2.45) is 5.92 Å². The third-order valence-electron chi connectivity index (χ3n) is 9.40. The maximum absolute atomic E-state index is 12.9. The summed E-state index contributed by atoms with van der Waals surface area (Å²) in [4.78, 5) is 9.43. The molecule has 0 spiro atoms. The number of nitriles is 1. The van der Waals surface area contributed by atoms with E-state index in [1.165, 1.54) is 6.42 Å². The number of aromatic nitrogens is 3. The molecule has 5 saturated heterocycles. The van der Waals surface area contributed by atoms with Crippen molar-refractivity contribution in [1.82, 2.24) is 23.8 Å². The molecule has 11 nitrogen and oxygen atoms in total. The fourth-order valence-electron chi connectivity index (χ4n) is 7.14. The molecule has 41 heavy (non-hydrogen) atoms. The average molecular weight is 576 g/mol. The van der Waals surface area contributed by atoms with Crippen LogP contribution in [0, 0.1) is 17.2 Å². The van der Waals surface area contributed by atoms with E-state index in [2.05, 4.69) is 21.0 Å². The van der Waals surface area contributed by atoms with Crippen LogP contribution < -0.4 is 9.64 Å². The maximum atomic E-state index is 12.9. The maximum Gasteiger partial charge on any atom is 0.215 e. The number of hydrogen-bond acceptors (Lipinski definition) is 9. The standard InChI is InChI=1S/C29H33N7O4S/c30-10-21-12-32-35-15-26(40-6-5-34-24-8-25(34)17-39-16-24)9-27(29(21)35)20-3-4-28(31-11-20)33-13-22-7-23(14-33)36(22)41(37,38)18-19-1-2-19/h3-4,9,11-12,15,19,22-25H,1-2,5-8,13-14,16-18H2. The van der Waals surface area contributed by atoms with Gasteiger partial charge in [-0.15, -0.1) is 0 Å². The van der Waals surface area contributed by atoms with Gasteiger partial charge in [-0.05, 0) is 49.8 Å². The molecule has 0 N–H and O–H groups in total. The molecular weight excluding hydrogens is 542 g/mol. The van der Waals surface area contributed by atoms with Crippen LogP contribution in [0.2, 0.25) is 0 Å². The van der Waals surface area contributed by atoms with Crippen LogP contribution in [0.4, 0.5) is 5.82 Å². The zero-order chi connectivity index (χ0) is 27.7. The van der Waals surface area contributed by atoms with Gasteiger partial charge in [0.25, 0.3) is 0 Å². The molecule has 5 aliphatic heterocycles. The van der Waals surface area contributed by atoms with Crippen LogP contribution in [0.3, 0.4) is 0 Å². The molecule has 214 valence electrons. The molecule has 0 radical (unpaired) electrons. The molecule has 12 heteroatoms. The van der Waals surface area contributed by atoms with E-state index >= 15 is 0 Å². The van der Waals surface area contributed by atoms with Crippen molar-refractivity contribution in [1.29, 1.82) is 5.26 Å². The van der Waals surface area contributed by atoms with Gasteiger partial charge in [-0.3, -0.25) is 4.90 Å². The Morgan fingerprint density at radius 2 is 1.85 bits per heavy atom. The van der Waals surface area contributed by atoms with Crippen LogP contribution in [-0.2, 0) is 14.8 Å². The first-order valence-corrected chi connectivity index (χ1v) is 16.2. The Bertz CT molecular complexity index is 1600. The average Bonchev–Trinajstić information content (AvgIpc) is 3.69. The Balaban J connectivity index is 0.993. The van der Waals surface area contributed by atoms with Crippen molar-refractivity contribution in [3.05, 3.63) is 42.4 Å². The predicted molar refractivity (Wildman–Crippen MR) is 151 cm³/mol. The van der Waals surface area contributed by atoms with E-state index in [4.69, 9.17) is 14.5 Å². The van der Waals surface area contributed by atoms with Crippen LogP contribution in [0.5, 0.6) is 5.75 Å². The summed E-state index contributed by atoms with van der Waals surface area (Å²) in [6.45, 7) is 4.33. The number of pyridine rings is 2. The highest BCUT2D eigenvalue weighted by atomic mass is 32.2. The lowest BCUT2D eigenvalue weighted by Crippen LogP contribution is -2.70. The smallest absolute Gasteiger partial charge is 0.215 e. The van der Waals surface area contributed by atoms with Gasteiger partial charge in [0.2, 0.25) is 10.0 Å². The first kappa shape index (κ1) is 25.5. The summed E-state index contributed by atoms with van der Waals surface area (Å²) in [6, 6.07) is 9.29. The van der Waals surface area contributed by atoms with Gasteiger partial charge in [0, 0.05) is 61.1 Å². The Kier molecular flexibility index (Phi) is 6.00. The summed E-state index contributed by atoms with van der Waals surface area (Å²) in [7, 11) is -3.18. The van der Waals surface area contributed by atoms with Crippen LogP contribution in [0.15, 0.2) is 36.8 Å². The molecule has 3 aromatic rings. The molecule has 4 bridgehead atoms. The van der Waals surface area contributed by atoms with Crippen LogP contribution in [0.1, 0.15) is 31.2 Å². The topological polar surface area (TPSA) is 116 Å². The Morgan fingerprint density at radius 1 is 1.07 bits per heavy atom. The normalized spacial score (nSPS) is 27.7. The number of ether oxygens (including phenoxy) is 2. The predicted octanol–water partition coefficient (Wildman–Crippen LogP) is 2.12. The van der Waals surface area contributed by atoms with Crippen molar-refractivity contribution in [2.75, 3.05) is 50.1 Å². The van der Waals surface area contributed by atoms with Crippen molar-refractivity contribution < 1.29 is 17.9 Å². The number of morpholine rings is 1. The van der Waals surface area contributed by atoms with Gasteiger partial charge < -0.3 is 14.4 Å². The van der Waals surface area contributed by atoms with Gasteiger partial charge in [-0.1, -0.05) is 0 Å². The Morgan fingerprint density at radius 3 is 2.54 bits per heavy atom. The number of fused-ring (bicyclic) bond motifs is 5. The summed E-state index contributed by atoms with van der Waals surface area (Å²) < 4.78 is 41.0. The summed E-state index contributed by atoms with van der Waals surface area (Å²) in [6.07, 6.45) is 9.44. The minimum Gasteiger partial charge on any atom is -0.491 e. The summed E-state index contributed by atoms with van der Waals surface area (Å²) in [5, 5.41) is 14.1. The molecule has 4 atom stereocenters. The van der Waals surface area contributed by atoms with E-state index in [1.807, 2.05) is 30.6 Å². The summed E-state index contributed by atoms with van der Waals surface area (Å²) in [5.41, 5.74) is 2.92. The Hall–Kier alpha value is -3.24. The SMILES string of the molecule is N#Cc1cnn2cc(OCCN3C4COCC3C4)cc(-c3ccc(N4CC5CC(C4)N5S(=O)(=O)CC4CC4)nc3)c12. The number of sulfonamides is 1. The lowest BCUT2D eigenvalue weighted by molar-refractivity contribution is -0.129. The van der Waals surface area contributed by atoms with Gasteiger partial charge in [-0.2, -0.15) is 14.7 Å². The lowest BCUT2D eigenvalue weighted by Gasteiger charge is -2.55. The third-order valence-corrected chi connectivity index (χ3v) is 11.5. The number of piperidine rings is 1. The molecule has 1 aliphatic carbocycles. The second-order valence-corrected chi connectivity index (χ2v) is 14.0. The van der Waals surface area contributed by atoms with E-state index in [-0.39, 0.29) is 12.1 Å². The molecule has 0 aromatic carbocycles. The number of hydrogen-bond donors (Lipinski definition) is 0. The van der Waals surface area contributed by atoms with Gasteiger partial charge in [0.15, 0.2) is 0 Å². The molecule has 9 rings (SSSR count). The minimum atomic E-state index is -3.18. The third kappa shape index (κ3) is 4.46. The van der Waals surface area contributed by atoms with E-state index in [0.717, 1.165) is 61.5 Å². The molecule has 6 aliphatic rings. The fraction of sp³-hybridized carbons (Fsp3) is 0.552. The highest BCUT2D eigenvalue weighted by Crippen LogP contribution is 2.40. The number of nitrogens with zero attached hydrogens (tertiary/aromatic N) is 7. The molecular formula is C29H33N7O4S. The minimum absolute atomic E-state index is 0.0285. The van der Waals surface area contributed by atoms with Crippen molar-refractivity contribution >= 4 is 21.4 Å². The monoisotopic (exact) mass is 575 g/mol. The van der Waals surface area contributed by atoms with Crippen LogP contribution >= 0.6 is 0 Å². The van der Waals surface area contributed by atoms with E-state index < -0.39 is 10.0 Å². The van der Waals surface area contributed by atoms with Crippen molar-refractivity contribution in [3.8, 4) is 22.9 Å². The molecule has 4 unspecified atom stereocenters. The van der Waals surface area contributed by atoms with Gasteiger partial charge in [-0.25, -0.2) is 17.9 Å². The molecule has 3 aromatic heterocycles. The van der Waals surface area contributed by atoms with Crippen molar-refractivity contribution in [2.45, 2.75) is 49.9 Å². The van der Waals surface area contributed by atoms with Crippen LogP contribution in [-0.4, -0.2) is 102 Å². The summed E-state index contributed by atoms with van der Waals surface area (Å²) >= 11 is 0. The highest BCUT2D eigenvalue weighted by Gasteiger charge is 2.51. The molecule has 0 amide bonds. The second-order valence-electron chi connectivity index (χ2n) is 12.1. The summed E-state index contributed by atoms with van der Waals surface area (Å²) in [5.74, 6) is 2.19. The zero-order valence-corrected chi connectivity index (χ0v) is 23.6. The highest BCUT2D eigenvalue weighted by molar-refractivity contribution is 7.89. The van der Waals surface area contributed by atoms with Gasteiger partial charge in [0.05, 0.1) is 42.4 Å². The van der Waals surface area contributed by atoms with E-state index in [9.17, 15) is 13.7 Å². The number of rotatable bonds is 9. The Labute approximate surface area is 239 Å². The van der Waals surface area contributed by atoms with Crippen LogP contribution in [0.25, 0.3) is 16.6 Å². The number of piperazine rings is 1.